The Bertz CT molecular complexity index is 2780. The number of para-hydroxylation sites is 3. The molecular formula is C47H33N3Pt. The van der Waals surface area contributed by atoms with Gasteiger partial charge < -0.3 is 9.38 Å². The second-order valence-electron chi connectivity index (χ2n) is 14.4. The minimum absolute atomic E-state index is 0. The third-order valence-corrected chi connectivity index (χ3v) is 10.6. The summed E-state index contributed by atoms with van der Waals surface area (Å²) in [4.78, 5) is 10.1. The van der Waals surface area contributed by atoms with E-state index in [-0.39, 0.29) is 26.5 Å². The first-order valence-electron chi connectivity index (χ1n) is 17.3. The van der Waals surface area contributed by atoms with E-state index in [4.69, 9.17) is 9.97 Å². The van der Waals surface area contributed by atoms with Crippen LogP contribution in [0.4, 0.5) is 0 Å². The zero-order valence-electron chi connectivity index (χ0n) is 28.5. The van der Waals surface area contributed by atoms with Crippen LogP contribution in [0.2, 0.25) is 0 Å². The Labute approximate surface area is 311 Å². The van der Waals surface area contributed by atoms with Crippen LogP contribution in [0, 0.1) is 12.1 Å². The van der Waals surface area contributed by atoms with Crippen LogP contribution in [0.5, 0.6) is 0 Å². The van der Waals surface area contributed by atoms with Crippen molar-refractivity contribution < 1.29 is 21.1 Å². The largest absolute Gasteiger partial charge is 2.00 e. The molecule has 10 rings (SSSR count). The normalized spacial score (nSPS) is 13.4. The zero-order chi connectivity index (χ0) is 33.6. The number of hydrogen-bond acceptors (Lipinski definition) is 2. The van der Waals surface area contributed by atoms with E-state index in [1.54, 1.807) is 0 Å². The predicted molar refractivity (Wildman–Crippen MR) is 205 cm³/mol. The summed E-state index contributed by atoms with van der Waals surface area (Å²) in [6, 6.07) is 58.1. The van der Waals surface area contributed by atoms with E-state index in [0.717, 1.165) is 55.4 Å². The Morgan fingerprint density at radius 1 is 0.608 bits per heavy atom. The van der Waals surface area contributed by atoms with Crippen molar-refractivity contribution in [1.82, 2.24) is 14.4 Å². The topological polar surface area (TPSA) is 30.2 Å². The van der Waals surface area contributed by atoms with Crippen LogP contribution in [0.15, 0.2) is 146 Å². The molecule has 3 nitrogen and oxygen atoms in total. The molecule has 4 heteroatoms. The smallest absolute Gasteiger partial charge is 0.333 e. The molecular weight excluding hydrogens is 802 g/mol. The molecule has 0 fully saturated rings. The van der Waals surface area contributed by atoms with Crippen LogP contribution in [0.3, 0.4) is 0 Å². The number of pyridine rings is 2. The number of benzene rings is 6. The molecule has 1 aliphatic rings. The number of aromatic nitrogens is 3. The molecule has 0 saturated carbocycles. The Morgan fingerprint density at radius 3 is 2.04 bits per heavy atom. The van der Waals surface area contributed by atoms with Crippen molar-refractivity contribution in [1.29, 1.82) is 0 Å². The van der Waals surface area contributed by atoms with Gasteiger partial charge in [0.05, 0.1) is 16.7 Å². The van der Waals surface area contributed by atoms with Crippen LogP contribution >= 0.6 is 0 Å². The molecule has 0 amide bonds. The fourth-order valence-electron chi connectivity index (χ4n) is 8.29. The maximum Gasteiger partial charge on any atom is 2.00 e. The monoisotopic (exact) mass is 834 g/mol. The molecule has 9 aromatic rings. The summed E-state index contributed by atoms with van der Waals surface area (Å²) in [5, 5.41) is 3.33. The van der Waals surface area contributed by atoms with Gasteiger partial charge in [-0.2, -0.15) is 0 Å². The number of fused-ring (bicyclic) bond motifs is 11. The average Bonchev–Trinajstić information content (AvgIpc) is 3.70. The standard InChI is InChI=1S/C47H33N3.Pt/c1-46(2,3)31-25-26-48-42(29-31)30-13-12-14-32(27-30)47(39-18-7-4-15-35(39)36-16-5-8-19-40(36)47)33-23-24-34-37-17-6-10-21-43(37)50-44-22-11-9-20-41(44)49-45(50)38(34)28-33;/h4-26,29H,1-3H3;/q-2;+2. The fourth-order valence-corrected chi connectivity index (χ4v) is 8.29. The molecule has 6 aromatic carbocycles. The maximum atomic E-state index is 5.24. The van der Waals surface area contributed by atoms with E-state index in [1.807, 2.05) is 6.20 Å². The van der Waals surface area contributed by atoms with Crippen LogP contribution in [-0.2, 0) is 31.9 Å². The van der Waals surface area contributed by atoms with E-state index in [9.17, 15) is 0 Å². The maximum absolute atomic E-state index is 5.24. The molecule has 0 N–H and O–H groups in total. The molecule has 51 heavy (non-hydrogen) atoms. The van der Waals surface area contributed by atoms with Gasteiger partial charge in [-0.25, -0.2) is 0 Å². The van der Waals surface area contributed by atoms with Gasteiger partial charge in [-0.05, 0) is 68.6 Å². The van der Waals surface area contributed by atoms with Gasteiger partial charge in [0.25, 0.3) is 0 Å². The predicted octanol–water partition coefficient (Wildman–Crippen LogP) is 11.1. The second-order valence-corrected chi connectivity index (χ2v) is 14.4. The van der Waals surface area contributed by atoms with Crippen molar-refractivity contribution in [2.45, 2.75) is 31.6 Å². The average molecular weight is 835 g/mol. The molecule has 0 atom stereocenters. The van der Waals surface area contributed by atoms with E-state index >= 15 is 0 Å². The molecule has 0 unspecified atom stereocenters. The first-order chi connectivity index (χ1) is 24.4. The van der Waals surface area contributed by atoms with Gasteiger partial charge in [0, 0.05) is 17.1 Å². The van der Waals surface area contributed by atoms with Crippen molar-refractivity contribution in [3.63, 3.8) is 0 Å². The molecule has 0 radical (unpaired) electrons. The van der Waals surface area contributed by atoms with Crippen molar-refractivity contribution >= 4 is 38.4 Å². The fraction of sp³-hybridized carbons (Fsp3) is 0.106. The first-order valence-corrected chi connectivity index (χ1v) is 17.3. The van der Waals surface area contributed by atoms with Gasteiger partial charge in [-0.1, -0.05) is 116 Å². The van der Waals surface area contributed by atoms with Gasteiger partial charge in [0.2, 0.25) is 0 Å². The summed E-state index contributed by atoms with van der Waals surface area (Å²) in [5.41, 5.74) is 13.7. The molecule has 0 bridgehead atoms. The molecule has 0 spiro atoms. The summed E-state index contributed by atoms with van der Waals surface area (Å²) in [6.45, 7) is 6.73. The number of rotatable bonds is 3. The van der Waals surface area contributed by atoms with Gasteiger partial charge >= 0.3 is 21.1 Å². The minimum atomic E-state index is -0.673. The summed E-state index contributed by atoms with van der Waals surface area (Å²) in [6.07, 6.45) is 1.92. The van der Waals surface area contributed by atoms with Crippen molar-refractivity contribution in [3.05, 3.63) is 186 Å². The van der Waals surface area contributed by atoms with E-state index in [1.165, 1.54) is 33.2 Å². The van der Waals surface area contributed by atoms with Crippen LogP contribution < -0.4 is 0 Å². The summed E-state index contributed by atoms with van der Waals surface area (Å²) >= 11 is 0. The van der Waals surface area contributed by atoms with Crippen molar-refractivity contribution in [2.24, 2.45) is 0 Å². The van der Waals surface area contributed by atoms with Gasteiger partial charge in [0.1, 0.15) is 0 Å². The summed E-state index contributed by atoms with van der Waals surface area (Å²) in [7, 11) is 0. The molecule has 3 aromatic heterocycles. The summed E-state index contributed by atoms with van der Waals surface area (Å²) < 4.78 is 2.30. The van der Waals surface area contributed by atoms with Crippen LogP contribution in [0.25, 0.3) is 60.7 Å². The van der Waals surface area contributed by atoms with Crippen LogP contribution in [-0.4, -0.2) is 14.4 Å². The van der Waals surface area contributed by atoms with Crippen molar-refractivity contribution in [2.75, 3.05) is 0 Å². The van der Waals surface area contributed by atoms with Crippen molar-refractivity contribution in [3.8, 4) is 22.4 Å². The number of imidazole rings is 1. The first kappa shape index (κ1) is 31.6. The second kappa shape index (κ2) is 11.6. The molecule has 246 valence electrons. The SMILES string of the molecule is CC(C)(C)c1ccnc(-c2[c-]c(C3(c4[c-]c5c(cc4)c4ccccc4n4c6ccccc6nc54)c4ccccc4-c4ccccc43)ccc2)c1.[Pt+2]. The number of hydrogen-bond donors (Lipinski definition) is 0. The van der Waals surface area contributed by atoms with E-state index in [0.29, 0.717) is 0 Å². The Kier molecular flexibility index (Phi) is 7.18. The Balaban J connectivity index is 0.00000348. The third-order valence-electron chi connectivity index (χ3n) is 10.6. The zero-order valence-corrected chi connectivity index (χ0v) is 30.8. The molecule has 1 aliphatic carbocycles. The van der Waals surface area contributed by atoms with Gasteiger partial charge in [0.15, 0.2) is 0 Å². The van der Waals surface area contributed by atoms with Gasteiger partial charge in [-0.3, -0.25) is 4.98 Å². The van der Waals surface area contributed by atoms with Gasteiger partial charge in [-0.15, -0.1) is 59.2 Å². The molecule has 0 saturated heterocycles. The minimum Gasteiger partial charge on any atom is -0.333 e. The van der Waals surface area contributed by atoms with E-state index < -0.39 is 5.41 Å². The Morgan fingerprint density at radius 2 is 1.27 bits per heavy atom. The molecule has 0 aliphatic heterocycles. The quantitative estimate of drug-likeness (QED) is 0.131. The Hall–Kier alpha value is -5.37. The third kappa shape index (κ3) is 4.54. The number of nitrogens with zero attached hydrogens (tertiary/aromatic N) is 3. The van der Waals surface area contributed by atoms with E-state index in [2.05, 4.69) is 177 Å². The molecule has 3 heterocycles. The summed E-state index contributed by atoms with van der Waals surface area (Å²) in [5.74, 6) is 0. The van der Waals surface area contributed by atoms with Crippen LogP contribution in [0.1, 0.15) is 48.6 Å².